The number of anilines is 2. The third-order valence-electron chi connectivity index (χ3n) is 5.63. The fraction of sp³-hybridized carbons (Fsp3) is 0.208. The fourth-order valence-corrected chi connectivity index (χ4v) is 4.10. The highest BCUT2D eigenvalue weighted by Gasteiger charge is 2.20. The van der Waals surface area contributed by atoms with Crippen molar-refractivity contribution in [2.75, 3.05) is 36.0 Å². The van der Waals surface area contributed by atoms with Crippen molar-refractivity contribution >= 4 is 33.1 Å². The van der Waals surface area contributed by atoms with Gasteiger partial charge in [-0.3, -0.25) is 0 Å². The molecule has 0 aliphatic carbocycles. The standard InChI is InChI=1S/C24H22N2O2/c1-17-6-9-19(10-7-17)25-12-14-26(15-13-25)22-16-23(27)28-24-20-5-3-2-4-18(20)8-11-21(22)24/h2-11,16H,12-15H2,1H3. The minimum atomic E-state index is -0.292. The summed E-state index contributed by atoms with van der Waals surface area (Å²) in [7, 11) is 0. The van der Waals surface area contributed by atoms with Crippen LogP contribution in [-0.4, -0.2) is 26.2 Å². The number of rotatable bonds is 2. The van der Waals surface area contributed by atoms with Gasteiger partial charge < -0.3 is 14.2 Å². The molecule has 0 spiro atoms. The molecule has 0 saturated carbocycles. The van der Waals surface area contributed by atoms with Gasteiger partial charge in [0.1, 0.15) is 5.58 Å². The van der Waals surface area contributed by atoms with Crippen LogP contribution in [0, 0.1) is 6.92 Å². The highest BCUT2D eigenvalue weighted by molar-refractivity contribution is 6.08. The van der Waals surface area contributed by atoms with Gasteiger partial charge in [-0.15, -0.1) is 0 Å². The van der Waals surface area contributed by atoms with Crippen LogP contribution in [0.3, 0.4) is 0 Å². The predicted octanol–water partition coefficient (Wildman–Crippen LogP) is 4.58. The topological polar surface area (TPSA) is 36.7 Å². The van der Waals surface area contributed by atoms with Crippen LogP contribution in [0.15, 0.2) is 75.9 Å². The third-order valence-corrected chi connectivity index (χ3v) is 5.63. The SMILES string of the molecule is Cc1ccc(N2CCN(c3cc(=O)oc4c3ccc3ccccc34)CC2)cc1. The Balaban J connectivity index is 1.49. The fourth-order valence-electron chi connectivity index (χ4n) is 4.10. The molecular formula is C24H22N2O2. The average Bonchev–Trinajstić information content (AvgIpc) is 2.74. The van der Waals surface area contributed by atoms with Crippen LogP contribution in [0.5, 0.6) is 0 Å². The van der Waals surface area contributed by atoms with Crippen molar-refractivity contribution in [1.29, 1.82) is 0 Å². The van der Waals surface area contributed by atoms with Gasteiger partial charge in [-0.05, 0) is 30.5 Å². The summed E-state index contributed by atoms with van der Waals surface area (Å²) in [4.78, 5) is 17.0. The Morgan fingerprint density at radius 3 is 2.29 bits per heavy atom. The molecule has 28 heavy (non-hydrogen) atoms. The van der Waals surface area contributed by atoms with Crippen LogP contribution in [0.4, 0.5) is 11.4 Å². The van der Waals surface area contributed by atoms with Crippen LogP contribution in [0.25, 0.3) is 21.7 Å². The first-order valence-electron chi connectivity index (χ1n) is 9.71. The van der Waals surface area contributed by atoms with Crippen LogP contribution in [0.1, 0.15) is 5.56 Å². The molecule has 1 aliphatic rings. The molecule has 1 saturated heterocycles. The number of piperazine rings is 1. The van der Waals surface area contributed by atoms with E-state index < -0.39 is 0 Å². The van der Waals surface area contributed by atoms with E-state index in [0.29, 0.717) is 5.58 Å². The minimum Gasteiger partial charge on any atom is -0.422 e. The van der Waals surface area contributed by atoms with E-state index in [2.05, 4.69) is 53.1 Å². The van der Waals surface area contributed by atoms with Gasteiger partial charge in [0.2, 0.25) is 0 Å². The molecule has 1 aliphatic heterocycles. The van der Waals surface area contributed by atoms with Crippen LogP contribution < -0.4 is 15.4 Å². The number of benzene rings is 3. The Morgan fingerprint density at radius 2 is 1.50 bits per heavy atom. The average molecular weight is 370 g/mol. The summed E-state index contributed by atoms with van der Waals surface area (Å²) in [6.07, 6.45) is 0. The van der Waals surface area contributed by atoms with Crippen LogP contribution in [0.2, 0.25) is 0 Å². The van der Waals surface area contributed by atoms with Crippen LogP contribution >= 0.6 is 0 Å². The van der Waals surface area contributed by atoms with Crippen molar-refractivity contribution in [2.45, 2.75) is 6.92 Å². The molecule has 4 heteroatoms. The summed E-state index contributed by atoms with van der Waals surface area (Å²) in [6.45, 7) is 5.72. The molecule has 1 fully saturated rings. The Bertz CT molecular complexity index is 1200. The summed E-state index contributed by atoms with van der Waals surface area (Å²) in [5.74, 6) is 0. The summed E-state index contributed by atoms with van der Waals surface area (Å²) in [5, 5.41) is 3.07. The molecule has 4 aromatic rings. The van der Waals surface area contributed by atoms with Gasteiger partial charge in [-0.1, -0.05) is 48.0 Å². The predicted molar refractivity (Wildman–Crippen MR) is 116 cm³/mol. The van der Waals surface area contributed by atoms with Gasteiger partial charge in [-0.25, -0.2) is 4.79 Å². The van der Waals surface area contributed by atoms with Gasteiger partial charge in [0.05, 0.1) is 5.69 Å². The van der Waals surface area contributed by atoms with E-state index in [-0.39, 0.29) is 5.63 Å². The monoisotopic (exact) mass is 370 g/mol. The number of hydrogen-bond donors (Lipinski definition) is 0. The van der Waals surface area contributed by atoms with Gasteiger partial charge in [0, 0.05) is 48.7 Å². The van der Waals surface area contributed by atoms with Gasteiger partial charge >= 0.3 is 5.63 Å². The van der Waals surface area contributed by atoms with Crippen molar-refractivity contribution in [3.05, 3.63) is 82.7 Å². The van der Waals surface area contributed by atoms with Crippen molar-refractivity contribution < 1.29 is 4.42 Å². The normalized spacial score (nSPS) is 14.8. The summed E-state index contributed by atoms with van der Waals surface area (Å²) in [5.41, 5.74) is 3.90. The number of fused-ring (bicyclic) bond motifs is 3. The summed E-state index contributed by atoms with van der Waals surface area (Å²) < 4.78 is 5.62. The van der Waals surface area contributed by atoms with E-state index in [9.17, 15) is 4.79 Å². The Morgan fingerprint density at radius 1 is 0.786 bits per heavy atom. The molecule has 2 heterocycles. The Labute approximate surface area is 163 Å². The first-order chi connectivity index (χ1) is 13.7. The molecule has 140 valence electrons. The zero-order valence-electron chi connectivity index (χ0n) is 15.9. The molecule has 0 radical (unpaired) electrons. The van der Waals surface area contributed by atoms with E-state index in [1.165, 1.54) is 11.3 Å². The Kier molecular flexibility index (Phi) is 4.05. The maximum Gasteiger partial charge on any atom is 0.338 e. The largest absolute Gasteiger partial charge is 0.422 e. The highest BCUT2D eigenvalue weighted by atomic mass is 16.4. The molecule has 3 aromatic carbocycles. The molecule has 0 atom stereocenters. The molecule has 0 amide bonds. The lowest BCUT2D eigenvalue weighted by molar-refractivity contribution is 0.562. The molecule has 0 bridgehead atoms. The lowest BCUT2D eigenvalue weighted by Crippen LogP contribution is -2.46. The Hall–Kier alpha value is -3.27. The number of hydrogen-bond acceptors (Lipinski definition) is 4. The summed E-state index contributed by atoms with van der Waals surface area (Å²) in [6, 6.07) is 22.5. The zero-order chi connectivity index (χ0) is 19.1. The third kappa shape index (κ3) is 2.91. The summed E-state index contributed by atoms with van der Waals surface area (Å²) >= 11 is 0. The minimum absolute atomic E-state index is 0.292. The maximum atomic E-state index is 12.3. The first-order valence-corrected chi connectivity index (χ1v) is 9.71. The molecular weight excluding hydrogens is 348 g/mol. The van der Waals surface area contributed by atoms with Gasteiger partial charge in [0.15, 0.2) is 0 Å². The quantitative estimate of drug-likeness (QED) is 0.382. The lowest BCUT2D eigenvalue weighted by atomic mass is 10.1. The molecule has 0 unspecified atom stereocenters. The molecule has 1 aromatic heterocycles. The molecule has 0 N–H and O–H groups in total. The van der Waals surface area contributed by atoms with Crippen LogP contribution in [-0.2, 0) is 0 Å². The van der Waals surface area contributed by atoms with Crippen molar-refractivity contribution in [3.8, 4) is 0 Å². The van der Waals surface area contributed by atoms with E-state index in [0.717, 1.165) is 48.0 Å². The smallest absolute Gasteiger partial charge is 0.338 e. The first kappa shape index (κ1) is 16.9. The molecule has 4 nitrogen and oxygen atoms in total. The van der Waals surface area contributed by atoms with Crippen molar-refractivity contribution in [3.63, 3.8) is 0 Å². The van der Waals surface area contributed by atoms with E-state index in [1.54, 1.807) is 6.07 Å². The number of nitrogens with zero attached hydrogens (tertiary/aromatic N) is 2. The van der Waals surface area contributed by atoms with Gasteiger partial charge in [0.25, 0.3) is 0 Å². The van der Waals surface area contributed by atoms with Crippen molar-refractivity contribution in [2.24, 2.45) is 0 Å². The second-order valence-electron chi connectivity index (χ2n) is 7.42. The second kappa shape index (κ2) is 6.71. The van der Waals surface area contributed by atoms with E-state index in [1.807, 2.05) is 24.3 Å². The second-order valence-corrected chi connectivity index (χ2v) is 7.42. The molecule has 5 rings (SSSR count). The number of aryl methyl sites for hydroxylation is 1. The van der Waals surface area contributed by atoms with E-state index >= 15 is 0 Å². The maximum absolute atomic E-state index is 12.3. The highest BCUT2D eigenvalue weighted by Crippen LogP contribution is 2.32. The van der Waals surface area contributed by atoms with Crippen molar-refractivity contribution in [1.82, 2.24) is 0 Å². The van der Waals surface area contributed by atoms with E-state index in [4.69, 9.17) is 4.42 Å². The lowest BCUT2D eigenvalue weighted by Gasteiger charge is -2.37. The zero-order valence-corrected chi connectivity index (χ0v) is 15.9. The van der Waals surface area contributed by atoms with Gasteiger partial charge in [-0.2, -0.15) is 0 Å².